The molecule has 0 saturated heterocycles. The SMILES string of the molecule is CC(O)(Cc1nc2ccccc2c(=O)n1N)c1ccccc1. The lowest BCUT2D eigenvalue weighted by molar-refractivity contribution is 0.0547. The molecule has 0 fully saturated rings. The van der Waals surface area contributed by atoms with Gasteiger partial charge in [-0.1, -0.05) is 42.5 Å². The molecule has 3 rings (SSSR count). The van der Waals surface area contributed by atoms with Gasteiger partial charge >= 0.3 is 0 Å². The summed E-state index contributed by atoms with van der Waals surface area (Å²) in [6.07, 6.45) is 0.146. The normalized spacial score (nSPS) is 13.9. The summed E-state index contributed by atoms with van der Waals surface area (Å²) in [7, 11) is 0. The number of fused-ring (bicyclic) bond motifs is 1. The maximum absolute atomic E-state index is 12.3. The van der Waals surface area contributed by atoms with Crippen molar-refractivity contribution in [3.63, 3.8) is 0 Å². The first-order valence-corrected chi connectivity index (χ1v) is 7.03. The van der Waals surface area contributed by atoms with E-state index in [1.54, 1.807) is 25.1 Å². The van der Waals surface area contributed by atoms with Gasteiger partial charge in [0.15, 0.2) is 0 Å². The van der Waals surface area contributed by atoms with E-state index < -0.39 is 5.60 Å². The van der Waals surface area contributed by atoms with Crippen molar-refractivity contribution in [2.75, 3.05) is 5.84 Å². The molecule has 0 bridgehead atoms. The number of nitrogens with two attached hydrogens (primary N) is 1. The van der Waals surface area contributed by atoms with Crippen molar-refractivity contribution in [2.45, 2.75) is 18.9 Å². The number of hydrogen-bond donors (Lipinski definition) is 2. The van der Waals surface area contributed by atoms with Crippen LogP contribution < -0.4 is 11.4 Å². The predicted octanol–water partition coefficient (Wildman–Crippen LogP) is 1.56. The number of aliphatic hydroxyl groups is 1. The maximum Gasteiger partial charge on any atom is 0.279 e. The molecule has 1 heterocycles. The van der Waals surface area contributed by atoms with Gasteiger partial charge in [-0.05, 0) is 24.6 Å². The Morgan fingerprint density at radius 1 is 1.14 bits per heavy atom. The Kier molecular flexibility index (Phi) is 3.42. The van der Waals surface area contributed by atoms with Gasteiger partial charge in [-0.25, -0.2) is 9.66 Å². The van der Waals surface area contributed by atoms with E-state index in [9.17, 15) is 9.90 Å². The third-order valence-corrected chi connectivity index (χ3v) is 3.78. The molecule has 1 unspecified atom stereocenters. The number of hydrogen-bond acceptors (Lipinski definition) is 4. The second-order valence-electron chi connectivity index (χ2n) is 5.54. The van der Waals surface area contributed by atoms with Gasteiger partial charge in [0.1, 0.15) is 5.82 Å². The number of benzene rings is 2. The van der Waals surface area contributed by atoms with Crippen molar-refractivity contribution in [1.29, 1.82) is 0 Å². The molecule has 1 atom stereocenters. The fraction of sp³-hybridized carbons (Fsp3) is 0.176. The first kappa shape index (κ1) is 14.3. The standard InChI is InChI=1S/C17H17N3O2/c1-17(22,12-7-3-2-4-8-12)11-15-19-14-10-6-5-9-13(14)16(21)20(15)18/h2-10,22H,11,18H2,1H3. The molecule has 112 valence electrons. The average molecular weight is 295 g/mol. The predicted molar refractivity (Wildman–Crippen MR) is 85.9 cm³/mol. The molecule has 1 aromatic heterocycles. The molecule has 0 aliphatic rings. The second-order valence-corrected chi connectivity index (χ2v) is 5.54. The molecular formula is C17H17N3O2. The lowest BCUT2D eigenvalue weighted by Gasteiger charge is -2.24. The summed E-state index contributed by atoms with van der Waals surface area (Å²) in [5.41, 5.74) is -0.153. The van der Waals surface area contributed by atoms with Crippen molar-refractivity contribution in [3.8, 4) is 0 Å². The minimum atomic E-state index is -1.16. The molecule has 5 heteroatoms. The minimum absolute atomic E-state index is 0.146. The maximum atomic E-state index is 12.3. The van der Waals surface area contributed by atoms with Gasteiger partial charge in [0.05, 0.1) is 16.5 Å². The zero-order valence-corrected chi connectivity index (χ0v) is 12.2. The van der Waals surface area contributed by atoms with Gasteiger partial charge in [0, 0.05) is 6.42 Å². The fourth-order valence-electron chi connectivity index (χ4n) is 2.52. The molecule has 0 aliphatic heterocycles. The molecule has 0 amide bonds. The lowest BCUT2D eigenvalue weighted by Crippen LogP contribution is -2.35. The molecule has 0 aliphatic carbocycles. The van der Waals surface area contributed by atoms with Gasteiger partial charge in [-0.3, -0.25) is 4.79 Å². The Hall–Kier alpha value is -2.66. The topological polar surface area (TPSA) is 81.1 Å². The Bertz CT molecular complexity index is 870. The summed E-state index contributed by atoms with van der Waals surface area (Å²) in [6, 6.07) is 16.3. The Balaban J connectivity index is 2.08. The van der Waals surface area contributed by atoms with Crippen molar-refractivity contribution in [2.24, 2.45) is 0 Å². The van der Waals surface area contributed by atoms with E-state index in [1.807, 2.05) is 36.4 Å². The van der Waals surface area contributed by atoms with Crippen LogP contribution in [0, 0.1) is 0 Å². The number of para-hydroxylation sites is 1. The van der Waals surface area contributed by atoms with Crippen LogP contribution in [0.25, 0.3) is 10.9 Å². The van der Waals surface area contributed by atoms with Gasteiger partial charge in [0.25, 0.3) is 5.56 Å². The molecule has 5 nitrogen and oxygen atoms in total. The van der Waals surface area contributed by atoms with Crippen LogP contribution in [0.2, 0.25) is 0 Å². The van der Waals surface area contributed by atoms with Crippen LogP contribution in [0.4, 0.5) is 0 Å². The minimum Gasteiger partial charge on any atom is -0.385 e. The number of nitrogen functional groups attached to an aromatic ring is 1. The monoisotopic (exact) mass is 295 g/mol. The van der Waals surface area contributed by atoms with Crippen molar-refractivity contribution in [3.05, 3.63) is 76.3 Å². The van der Waals surface area contributed by atoms with Gasteiger partial charge < -0.3 is 10.9 Å². The van der Waals surface area contributed by atoms with Gasteiger partial charge in [-0.2, -0.15) is 0 Å². The summed E-state index contributed by atoms with van der Waals surface area (Å²) in [6.45, 7) is 1.68. The average Bonchev–Trinajstić information content (AvgIpc) is 2.53. The second kappa shape index (κ2) is 5.27. The summed E-state index contributed by atoms with van der Waals surface area (Å²) in [5, 5.41) is 11.2. The van der Waals surface area contributed by atoms with Crippen molar-refractivity contribution < 1.29 is 5.11 Å². The zero-order valence-electron chi connectivity index (χ0n) is 12.2. The Morgan fingerprint density at radius 2 is 1.77 bits per heavy atom. The highest BCUT2D eigenvalue weighted by Crippen LogP contribution is 2.24. The molecule has 3 N–H and O–H groups in total. The van der Waals surface area contributed by atoms with Crippen LogP contribution in [-0.4, -0.2) is 14.8 Å². The van der Waals surface area contributed by atoms with Crippen LogP contribution >= 0.6 is 0 Å². The quantitative estimate of drug-likeness (QED) is 0.719. The number of aromatic nitrogens is 2. The highest BCUT2D eigenvalue weighted by molar-refractivity contribution is 5.77. The molecule has 0 saturated carbocycles. The van der Waals surface area contributed by atoms with E-state index >= 15 is 0 Å². The third kappa shape index (κ3) is 2.46. The van der Waals surface area contributed by atoms with E-state index in [2.05, 4.69) is 4.98 Å². The van der Waals surface area contributed by atoms with E-state index in [0.29, 0.717) is 16.7 Å². The number of nitrogens with zero attached hydrogens (tertiary/aromatic N) is 2. The largest absolute Gasteiger partial charge is 0.385 e. The summed E-state index contributed by atoms with van der Waals surface area (Å²) in [4.78, 5) is 16.7. The van der Waals surface area contributed by atoms with E-state index in [1.165, 1.54) is 0 Å². The van der Waals surface area contributed by atoms with E-state index in [-0.39, 0.29) is 12.0 Å². The van der Waals surface area contributed by atoms with Crippen LogP contribution in [-0.2, 0) is 12.0 Å². The highest BCUT2D eigenvalue weighted by atomic mass is 16.3. The van der Waals surface area contributed by atoms with Crippen LogP contribution in [0.1, 0.15) is 18.3 Å². The summed E-state index contributed by atoms with van der Waals surface area (Å²) >= 11 is 0. The molecule has 0 spiro atoms. The third-order valence-electron chi connectivity index (χ3n) is 3.78. The van der Waals surface area contributed by atoms with Crippen molar-refractivity contribution in [1.82, 2.24) is 9.66 Å². The first-order chi connectivity index (χ1) is 10.5. The van der Waals surface area contributed by atoms with Gasteiger partial charge in [0.2, 0.25) is 0 Å². The summed E-state index contributed by atoms with van der Waals surface area (Å²) in [5.74, 6) is 6.21. The first-order valence-electron chi connectivity index (χ1n) is 7.03. The Labute approximate surface area is 127 Å². The lowest BCUT2D eigenvalue weighted by atomic mass is 9.92. The van der Waals surface area contributed by atoms with Crippen molar-refractivity contribution >= 4 is 10.9 Å². The zero-order chi connectivity index (χ0) is 15.7. The smallest absolute Gasteiger partial charge is 0.279 e. The van der Waals surface area contributed by atoms with Crippen LogP contribution in [0.3, 0.4) is 0 Å². The summed E-state index contributed by atoms with van der Waals surface area (Å²) < 4.78 is 1.01. The molecule has 22 heavy (non-hydrogen) atoms. The number of rotatable bonds is 3. The molecular weight excluding hydrogens is 278 g/mol. The van der Waals surface area contributed by atoms with E-state index in [0.717, 1.165) is 10.2 Å². The molecule has 2 aromatic carbocycles. The van der Waals surface area contributed by atoms with Gasteiger partial charge in [-0.15, -0.1) is 0 Å². The van der Waals surface area contributed by atoms with E-state index in [4.69, 9.17) is 5.84 Å². The van der Waals surface area contributed by atoms with Crippen LogP contribution in [0.15, 0.2) is 59.4 Å². The highest BCUT2D eigenvalue weighted by Gasteiger charge is 2.26. The molecule has 3 aromatic rings. The van der Waals surface area contributed by atoms with Crippen LogP contribution in [0.5, 0.6) is 0 Å². The fourth-order valence-corrected chi connectivity index (χ4v) is 2.52. The molecule has 0 radical (unpaired) electrons. The Morgan fingerprint density at radius 3 is 2.50 bits per heavy atom.